The Hall–Kier alpha value is -2.86. The molecule has 1 unspecified atom stereocenters. The van der Waals surface area contributed by atoms with E-state index in [1.807, 2.05) is 60.7 Å². The first-order valence-electron chi connectivity index (χ1n) is 11.2. The normalized spacial score (nSPS) is 18.7. The Labute approximate surface area is 184 Å². The van der Waals surface area contributed by atoms with Gasteiger partial charge in [-0.15, -0.1) is 0 Å². The van der Waals surface area contributed by atoms with Crippen molar-refractivity contribution < 1.29 is 9.59 Å². The Morgan fingerprint density at radius 2 is 1.61 bits per heavy atom. The highest BCUT2D eigenvalue weighted by atomic mass is 16.2. The molecule has 3 amide bonds. The Balaban J connectivity index is 1.30. The fourth-order valence-electron chi connectivity index (χ4n) is 4.21. The summed E-state index contributed by atoms with van der Waals surface area (Å²) in [5.74, 6) is 0.681. The Kier molecular flexibility index (Phi) is 6.87. The van der Waals surface area contributed by atoms with E-state index in [1.54, 1.807) is 7.05 Å². The molecule has 2 aliphatic rings. The summed E-state index contributed by atoms with van der Waals surface area (Å²) in [4.78, 5) is 29.3. The van der Waals surface area contributed by atoms with Crippen LogP contribution in [0.2, 0.25) is 0 Å². The third kappa shape index (κ3) is 6.07. The van der Waals surface area contributed by atoms with Crippen LogP contribution in [-0.2, 0) is 4.79 Å². The second-order valence-corrected chi connectivity index (χ2v) is 8.82. The molecule has 1 aliphatic heterocycles. The summed E-state index contributed by atoms with van der Waals surface area (Å²) in [7, 11) is 1.67. The molecule has 164 valence electrons. The molecule has 0 radical (unpaired) electrons. The molecule has 6 heteroatoms. The fraction of sp³-hybridized carbons (Fsp3) is 0.440. The Morgan fingerprint density at radius 3 is 2.19 bits per heavy atom. The minimum Gasteiger partial charge on any atom is -0.344 e. The zero-order chi connectivity index (χ0) is 21.6. The summed E-state index contributed by atoms with van der Waals surface area (Å²) >= 11 is 0. The predicted octanol–water partition coefficient (Wildman–Crippen LogP) is 3.02. The van der Waals surface area contributed by atoms with Gasteiger partial charge in [-0.2, -0.15) is 0 Å². The van der Waals surface area contributed by atoms with Crippen molar-refractivity contribution in [1.29, 1.82) is 0 Å². The lowest BCUT2D eigenvalue weighted by atomic mass is 9.99. The first-order chi connectivity index (χ1) is 15.1. The number of rotatable bonds is 8. The van der Waals surface area contributed by atoms with Gasteiger partial charge < -0.3 is 20.4 Å². The molecule has 31 heavy (non-hydrogen) atoms. The third-order valence-corrected chi connectivity index (χ3v) is 6.11. The van der Waals surface area contributed by atoms with Crippen LogP contribution < -0.4 is 10.6 Å². The largest absolute Gasteiger partial charge is 0.344 e. The number of nitrogens with zero attached hydrogens (tertiary/aromatic N) is 2. The number of amides is 3. The van der Waals surface area contributed by atoms with Crippen molar-refractivity contribution in [2.24, 2.45) is 5.92 Å². The van der Waals surface area contributed by atoms with Gasteiger partial charge in [0.1, 0.15) is 6.54 Å². The average molecular weight is 421 g/mol. The minimum absolute atomic E-state index is 0.0144. The maximum absolute atomic E-state index is 12.8. The lowest BCUT2D eigenvalue weighted by Crippen LogP contribution is -2.47. The Bertz CT molecular complexity index is 830. The van der Waals surface area contributed by atoms with Crippen LogP contribution in [0.4, 0.5) is 4.79 Å². The van der Waals surface area contributed by atoms with Crippen LogP contribution in [0.15, 0.2) is 60.7 Å². The highest BCUT2D eigenvalue weighted by Gasteiger charge is 2.30. The number of hydrogen-bond donors (Lipinski definition) is 2. The fourth-order valence-corrected chi connectivity index (χ4v) is 4.21. The summed E-state index contributed by atoms with van der Waals surface area (Å²) < 4.78 is 0. The maximum atomic E-state index is 12.8. The van der Waals surface area contributed by atoms with Gasteiger partial charge in [-0.1, -0.05) is 60.7 Å². The number of likely N-dealkylation sites (tertiary alicyclic amines) is 1. The monoisotopic (exact) mass is 420 g/mol. The molecule has 0 spiro atoms. The smallest absolute Gasteiger partial charge is 0.317 e. The summed E-state index contributed by atoms with van der Waals surface area (Å²) in [6.45, 7) is 3.12. The maximum Gasteiger partial charge on any atom is 0.317 e. The molecule has 0 bridgehead atoms. The molecule has 1 saturated carbocycles. The number of carbonyl (C=O) groups is 2. The quantitative estimate of drug-likeness (QED) is 0.690. The molecule has 0 aromatic heterocycles. The van der Waals surface area contributed by atoms with E-state index < -0.39 is 0 Å². The van der Waals surface area contributed by atoms with E-state index in [2.05, 4.69) is 15.5 Å². The second-order valence-electron chi connectivity index (χ2n) is 8.82. The molecule has 1 heterocycles. The van der Waals surface area contributed by atoms with Crippen molar-refractivity contribution in [3.05, 3.63) is 71.8 Å². The van der Waals surface area contributed by atoms with Crippen LogP contribution >= 0.6 is 0 Å². The lowest BCUT2D eigenvalue weighted by Gasteiger charge is -2.24. The van der Waals surface area contributed by atoms with E-state index in [1.165, 1.54) is 17.7 Å². The first kappa shape index (κ1) is 21.4. The topological polar surface area (TPSA) is 64.7 Å². The summed E-state index contributed by atoms with van der Waals surface area (Å²) in [5.41, 5.74) is 2.02. The number of hydrogen-bond acceptors (Lipinski definition) is 3. The summed E-state index contributed by atoms with van der Waals surface area (Å²) in [5, 5.41) is 6.19. The molecule has 6 nitrogen and oxygen atoms in total. The molecule has 2 fully saturated rings. The van der Waals surface area contributed by atoms with E-state index in [0.717, 1.165) is 43.1 Å². The van der Waals surface area contributed by atoms with Crippen LogP contribution in [0.3, 0.4) is 0 Å². The number of carbonyl (C=O) groups excluding carboxylic acids is 2. The summed E-state index contributed by atoms with van der Waals surface area (Å²) in [6, 6.07) is 19.5. The average Bonchev–Trinajstić information content (AvgIpc) is 3.50. The van der Waals surface area contributed by atoms with Crippen molar-refractivity contribution in [2.45, 2.75) is 31.3 Å². The van der Waals surface area contributed by atoms with Gasteiger partial charge in [0, 0.05) is 32.7 Å². The number of benzene rings is 2. The van der Waals surface area contributed by atoms with E-state index >= 15 is 0 Å². The SMILES string of the molecule is CN(CC(=O)NC(c1ccccc1)c1ccccc1)C(=O)NC1CCN(CC2CC2)C1. The molecule has 2 aromatic carbocycles. The number of nitrogens with one attached hydrogen (secondary N) is 2. The van der Waals surface area contributed by atoms with Gasteiger partial charge in [-0.25, -0.2) is 4.79 Å². The van der Waals surface area contributed by atoms with Gasteiger partial charge in [0.15, 0.2) is 0 Å². The third-order valence-electron chi connectivity index (χ3n) is 6.11. The molecule has 2 N–H and O–H groups in total. The standard InChI is InChI=1S/C25H32N4O2/c1-28(25(31)26-22-14-15-29(17-22)16-19-12-13-19)18-23(30)27-24(20-8-4-2-5-9-20)21-10-6-3-7-11-21/h2-11,19,22,24H,12-18H2,1H3,(H,26,31)(H,27,30). The molecule has 1 saturated heterocycles. The van der Waals surface area contributed by atoms with Gasteiger partial charge in [0.2, 0.25) is 5.91 Å². The number of likely N-dealkylation sites (N-methyl/N-ethyl adjacent to an activating group) is 1. The highest BCUT2D eigenvalue weighted by molar-refractivity contribution is 5.84. The van der Waals surface area contributed by atoms with Crippen molar-refractivity contribution in [1.82, 2.24) is 20.4 Å². The molecule has 1 atom stereocenters. The first-order valence-corrected chi connectivity index (χ1v) is 11.2. The van der Waals surface area contributed by atoms with Crippen LogP contribution in [0.1, 0.15) is 36.4 Å². The lowest BCUT2D eigenvalue weighted by molar-refractivity contribution is -0.122. The van der Waals surface area contributed by atoms with Crippen LogP contribution in [0.5, 0.6) is 0 Å². The predicted molar refractivity (Wildman–Crippen MR) is 122 cm³/mol. The van der Waals surface area contributed by atoms with Gasteiger partial charge in [0.05, 0.1) is 6.04 Å². The molecule has 4 rings (SSSR count). The Morgan fingerprint density at radius 1 is 1.00 bits per heavy atom. The highest BCUT2D eigenvalue weighted by Crippen LogP contribution is 2.30. The van der Waals surface area contributed by atoms with Crippen LogP contribution in [0, 0.1) is 5.92 Å². The van der Waals surface area contributed by atoms with Crippen molar-refractivity contribution in [3.8, 4) is 0 Å². The van der Waals surface area contributed by atoms with Crippen LogP contribution in [-0.4, -0.2) is 61.0 Å². The van der Waals surface area contributed by atoms with Crippen molar-refractivity contribution in [2.75, 3.05) is 33.2 Å². The molecule has 1 aliphatic carbocycles. The molecular formula is C25H32N4O2. The second kappa shape index (κ2) is 9.96. The van der Waals surface area contributed by atoms with Crippen molar-refractivity contribution >= 4 is 11.9 Å². The van der Waals surface area contributed by atoms with Crippen molar-refractivity contribution in [3.63, 3.8) is 0 Å². The van der Waals surface area contributed by atoms with Gasteiger partial charge in [-0.05, 0) is 36.3 Å². The van der Waals surface area contributed by atoms with E-state index in [4.69, 9.17) is 0 Å². The molecular weight excluding hydrogens is 388 g/mol. The number of urea groups is 1. The van der Waals surface area contributed by atoms with Crippen LogP contribution in [0.25, 0.3) is 0 Å². The van der Waals surface area contributed by atoms with Gasteiger partial charge >= 0.3 is 6.03 Å². The summed E-state index contributed by atoms with van der Waals surface area (Å²) in [6.07, 6.45) is 3.67. The minimum atomic E-state index is -0.253. The zero-order valence-electron chi connectivity index (χ0n) is 18.2. The van der Waals surface area contributed by atoms with Gasteiger partial charge in [-0.3, -0.25) is 4.79 Å². The molecule has 2 aromatic rings. The van der Waals surface area contributed by atoms with Gasteiger partial charge in [0.25, 0.3) is 0 Å². The van der Waals surface area contributed by atoms with E-state index in [-0.39, 0.29) is 30.6 Å². The van der Waals surface area contributed by atoms with E-state index in [9.17, 15) is 9.59 Å². The zero-order valence-corrected chi connectivity index (χ0v) is 18.2. The van der Waals surface area contributed by atoms with E-state index in [0.29, 0.717) is 0 Å².